The maximum atomic E-state index is 12.0. The number of nitrogens with one attached hydrogen (secondary N) is 1. The summed E-state index contributed by atoms with van der Waals surface area (Å²) in [6, 6.07) is 9.07. The summed E-state index contributed by atoms with van der Waals surface area (Å²) in [5.41, 5.74) is -0.587. The van der Waals surface area contributed by atoms with Gasteiger partial charge in [-0.15, -0.1) is 0 Å². The van der Waals surface area contributed by atoms with E-state index in [0.717, 1.165) is 5.56 Å². The lowest BCUT2D eigenvalue weighted by Gasteiger charge is -2.17. The van der Waals surface area contributed by atoms with Crippen LogP contribution in [0.3, 0.4) is 0 Å². The highest BCUT2D eigenvalue weighted by Crippen LogP contribution is 2.53. The largest absolute Gasteiger partial charge is 0.479 e. The van der Waals surface area contributed by atoms with Crippen molar-refractivity contribution in [2.75, 3.05) is 20.4 Å². The van der Waals surface area contributed by atoms with Crippen LogP contribution in [0.25, 0.3) is 0 Å². The van der Waals surface area contributed by atoms with Gasteiger partial charge >= 0.3 is 19.7 Å². The summed E-state index contributed by atoms with van der Waals surface area (Å²) in [6.07, 6.45) is -0.170. The monoisotopic (exact) mass is 371 g/mol. The van der Waals surface area contributed by atoms with E-state index in [9.17, 15) is 19.3 Å². The van der Waals surface area contributed by atoms with Gasteiger partial charge in [-0.05, 0) is 24.3 Å². The molecule has 0 saturated heterocycles. The van der Waals surface area contributed by atoms with Gasteiger partial charge in [0.15, 0.2) is 0 Å². The van der Waals surface area contributed by atoms with E-state index in [4.69, 9.17) is 13.8 Å². The fourth-order valence-electron chi connectivity index (χ4n) is 2.66. The molecule has 0 spiro atoms. The average Bonchev–Trinajstić information content (AvgIpc) is 3.33. The summed E-state index contributed by atoms with van der Waals surface area (Å²) in [6.45, 7) is 0.0512. The summed E-state index contributed by atoms with van der Waals surface area (Å²) in [7, 11) is -0.648. The molecule has 1 aliphatic carbocycles. The van der Waals surface area contributed by atoms with Crippen LogP contribution in [0.5, 0.6) is 0 Å². The van der Waals surface area contributed by atoms with Crippen molar-refractivity contribution < 1.29 is 33.0 Å². The van der Waals surface area contributed by atoms with Gasteiger partial charge in [0, 0.05) is 14.2 Å². The minimum Gasteiger partial charge on any atom is -0.479 e. The van der Waals surface area contributed by atoms with Gasteiger partial charge in [0.2, 0.25) is 0 Å². The Morgan fingerprint density at radius 3 is 2.48 bits per heavy atom. The molecule has 2 atom stereocenters. The Bertz CT molecular complexity index is 658. The minimum atomic E-state index is -3.21. The van der Waals surface area contributed by atoms with E-state index in [-0.39, 0.29) is 25.1 Å². The van der Waals surface area contributed by atoms with E-state index in [1.54, 1.807) is 12.1 Å². The first-order valence-electron chi connectivity index (χ1n) is 7.78. The zero-order valence-electron chi connectivity index (χ0n) is 14.1. The molecule has 1 fully saturated rings. The fraction of sp³-hybridized carbons (Fsp3) is 0.500. The van der Waals surface area contributed by atoms with Crippen molar-refractivity contribution in [1.82, 2.24) is 5.32 Å². The molecule has 1 amide bonds. The Hall–Kier alpha value is -1.89. The second kappa shape index (κ2) is 7.99. The van der Waals surface area contributed by atoms with E-state index < -0.39 is 25.2 Å². The Balaban J connectivity index is 1.88. The van der Waals surface area contributed by atoms with Crippen LogP contribution in [0, 0.1) is 5.92 Å². The molecule has 138 valence electrons. The molecule has 9 heteroatoms. The van der Waals surface area contributed by atoms with Gasteiger partial charge in [0.25, 0.3) is 0 Å². The van der Waals surface area contributed by atoms with Crippen molar-refractivity contribution in [3.05, 3.63) is 35.9 Å². The van der Waals surface area contributed by atoms with Gasteiger partial charge in [-0.3, -0.25) is 4.57 Å². The number of amides is 1. The number of carboxylic acids is 1. The van der Waals surface area contributed by atoms with E-state index in [1.807, 2.05) is 18.2 Å². The summed E-state index contributed by atoms with van der Waals surface area (Å²) >= 11 is 0. The highest BCUT2D eigenvalue weighted by atomic mass is 31.2. The second-order valence-corrected chi connectivity index (χ2v) is 8.25. The van der Waals surface area contributed by atoms with Gasteiger partial charge in [0.05, 0.1) is 6.16 Å². The van der Waals surface area contributed by atoms with Crippen molar-refractivity contribution in [3.8, 4) is 0 Å². The molecule has 25 heavy (non-hydrogen) atoms. The molecule has 1 aromatic carbocycles. The topological polar surface area (TPSA) is 111 Å². The van der Waals surface area contributed by atoms with Crippen LogP contribution in [0.2, 0.25) is 0 Å². The maximum absolute atomic E-state index is 12.0. The van der Waals surface area contributed by atoms with Gasteiger partial charge in [-0.25, -0.2) is 9.59 Å². The summed E-state index contributed by atoms with van der Waals surface area (Å²) in [5.74, 6) is -1.49. The van der Waals surface area contributed by atoms with Crippen LogP contribution in [0.4, 0.5) is 4.79 Å². The van der Waals surface area contributed by atoms with Crippen LogP contribution in [0.15, 0.2) is 30.3 Å². The van der Waals surface area contributed by atoms with Crippen LogP contribution < -0.4 is 5.32 Å². The molecule has 1 unspecified atom stereocenters. The Morgan fingerprint density at radius 1 is 1.28 bits per heavy atom. The van der Waals surface area contributed by atoms with E-state index >= 15 is 0 Å². The molecule has 0 aromatic heterocycles. The van der Waals surface area contributed by atoms with Crippen molar-refractivity contribution in [1.29, 1.82) is 0 Å². The minimum absolute atomic E-state index is 0.0512. The number of benzene rings is 1. The van der Waals surface area contributed by atoms with E-state index in [2.05, 4.69) is 5.32 Å². The van der Waals surface area contributed by atoms with Crippen LogP contribution in [-0.2, 0) is 29.8 Å². The standard InChI is InChI=1S/C16H22NO7P/c1-22-25(21,23-2)9-8-13-10-16(13,14(18)19)17-15(20)24-11-12-6-4-3-5-7-12/h3-7,13H,8-11H2,1-2H3,(H,17,20)(H,18,19)/t13?,16-/m1/s1. The van der Waals surface area contributed by atoms with Gasteiger partial charge < -0.3 is 24.2 Å². The molecule has 0 heterocycles. The lowest BCUT2D eigenvalue weighted by atomic mass is 10.2. The number of carbonyl (C=O) groups excluding carboxylic acids is 1. The maximum Gasteiger partial charge on any atom is 0.408 e. The predicted molar refractivity (Wildman–Crippen MR) is 89.3 cm³/mol. The van der Waals surface area contributed by atoms with Crippen molar-refractivity contribution in [2.24, 2.45) is 5.92 Å². The van der Waals surface area contributed by atoms with E-state index in [1.165, 1.54) is 14.2 Å². The van der Waals surface area contributed by atoms with Gasteiger partial charge in [0.1, 0.15) is 12.1 Å². The third-order valence-corrected chi connectivity index (χ3v) is 6.25. The first-order valence-corrected chi connectivity index (χ1v) is 9.51. The molecule has 0 bridgehead atoms. The number of hydrogen-bond acceptors (Lipinski definition) is 6. The molecule has 2 rings (SSSR count). The molecular weight excluding hydrogens is 349 g/mol. The van der Waals surface area contributed by atoms with E-state index in [0.29, 0.717) is 6.42 Å². The lowest BCUT2D eigenvalue weighted by Crippen LogP contribution is -2.45. The molecule has 0 radical (unpaired) electrons. The smallest absolute Gasteiger partial charge is 0.408 e. The quantitative estimate of drug-likeness (QED) is 0.642. The Kier molecular flexibility index (Phi) is 6.21. The molecule has 1 saturated carbocycles. The van der Waals surface area contributed by atoms with Crippen LogP contribution in [-0.4, -0.2) is 43.1 Å². The predicted octanol–water partition coefficient (Wildman–Crippen LogP) is 2.63. The number of carbonyl (C=O) groups is 2. The highest BCUT2D eigenvalue weighted by molar-refractivity contribution is 7.53. The zero-order chi connectivity index (χ0) is 18.5. The first kappa shape index (κ1) is 19.4. The third kappa shape index (κ3) is 4.81. The molecule has 0 aliphatic heterocycles. The average molecular weight is 371 g/mol. The van der Waals surface area contributed by atoms with Gasteiger partial charge in [-0.1, -0.05) is 30.3 Å². The van der Waals surface area contributed by atoms with Gasteiger partial charge in [-0.2, -0.15) is 0 Å². The summed E-state index contributed by atoms with van der Waals surface area (Å²) in [5, 5.41) is 11.9. The van der Waals surface area contributed by atoms with Crippen molar-refractivity contribution >= 4 is 19.7 Å². The molecule has 2 N–H and O–H groups in total. The number of ether oxygens (including phenoxy) is 1. The number of rotatable bonds is 9. The number of alkyl carbamates (subject to hydrolysis) is 1. The lowest BCUT2D eigenvalue weighted by molar-refractivity contribution is -0.141. The molecular formula is C16H22NO7P. The first-order chi connectivity index (χ1) is 11.8. The fourth-order valence-corrected chi connectivity index (χ4v) is 3.80. The highest BCUT2D eigenvalue weighted by Gasteiger charge is 2.62. The van der Waals surface area contributed by atoms with Crippen molar-refractivity contribution in [2.45, 2.75) is 25.0 Å². The molecule has 1 aliphatic rings. The number of hydrogen-bond donors (Lipinski definition) is 2. The third-order valence-electron chi connectivity index (χ3n) is 4.33. The van der Waals surface area contributed by atoms with Crippen molar-refractivity contribution in [3.63, 3.8) is 0 Å². The second-order valence-electron chi connectivity index (χ2n) is 5.85. The Morgan fingerprint density at radius 2 is 1.92 bits per heavy atom. The number of carboxylic acid groups (broad SMARTS) is 1. The molecule has 8 nitrogen and oxygen atoms in total. The SMILES string of the molecule is COP(=O)(CCC1C[C@]1(NC(=O)OCc1ccccc1)C(=O)O)OC. The zero-order valence-corrected chi connectivity index (χ0v) is 15.0. The normalized spacial score (nSPS) is 22.2. The molecule has 1 aromatic rings. The number of aliphatic carboxylic acids is 1. The Labute approximate surface area is 146 Å². The summed E-state index contributed by atoms with van der Waals surface area (Å²) in [4.78, 5) is 23.5. The van der Waals surface area contributed by atoms with Crippen LogP contribution in [0.1, 0.15) is 18.4 Å². The van der Waals surface area contributed by atoms with Crippen LogP contribution >= 0.6 is 7.60 Å². The summed E-state index contributed by atoms with van der Waals surface area (Å²) < 4.78 is 26.8.